The van der Waals surface area contributed by atoms with Crippen molar-refractivity contribution in [3.8, 4) is 11.5 Å². The molecule has 1 heterocycles. The quantitative estimate of drug-likeness (QED) is 0.433. The van der Waals surface area contributed by atoms with Gasteiger partial charge in [0, 0.05) is 24.3 Å². The van der Waals surface area contributed by atoms with Gasteiger partial charge in [-0.1, -0.05) is 32.9 Å². The van der Waals surface area contributed by atoms with Gasteiger partial charge in [-0.05, 0) is 71.6 Å². The Hall–Kier alpha value is -4.20. The molecule has 1 N–H and O–H groups in total. The summed E-state index contributed by atoms with van der Waals surface area (Å²) in [6.07, 6.45) is -0.00318. The molecule has 8 heteroatoms. The van der Waals surface area contributed by atoms with Crippen molar-refractivity contribution in [1.82, 2.24) is 0 Å². The molecule has 1 aliphatic heterocycles. The Morgan fingerprint density at radius 3 is 2.14 bits per heavy atom. The molecular weight excluding hydrogens is 475 g/mol. The van der Waals surface area contributed by atoms with Crippen molar-refractivity contribution in [2.75, 3.05) is 23.4 Å². The third-order valence-corrected chi connectivity index (χ3v) is 6.04. The number of amides is 2. The summed E-state index contributed by atoms with van der Waals surface area (Å²) in [5.74, 6) is -1.14. The highest BCUT2D eigenvalue weighted by Gasteiger charge is 2.36. The lowest BCUT2D eigenvalue weighted by atomic mass is 9.87. The number of nitrogens with zero attached hydrogens (tertiary/aromatic N) is 1. The predicted octanol–water partition coefficient (Wildman–Crippen LogP) is 5.45. The maximum absolute atomic E-state index is 13.0. The van der Waals surface area contributed by atoms with Gasteiger partial charge >= 0.3 is 5.97 Å². The van der Waals surface area contributed by atoms with Gasteiger partial charge in [0.2, 0.25) is 5.91 Å². The molecule has 3 aromatic rings. The lowest BCUT2D eigenvalue weighted by Crippen LogP contribution is -2.28. The van der Waals surface area contributed by atoms with E-state index in [1.807, 2.05) is 24.3 Å². The van der Waals surface area contributed by atoms with Gasteiger partial charge in [-0.15, -0.1) is 0 Å². The van der Waals surface area contributed by atoms with Crippen LogP contribution in [0.1, 0.15) is 32.8 Å². The van der Waals surface area contributed by atoms with Crippen molar-refractivity contribution in [1.29, 1.82) is 0 Å². The van der Waals surface area contributed by atoms with E-state index < -0.39 is 30.2 Å². The van der Waals surface area contributed by atoms with Crippen LogP contribution in [0.15, 0.2) is 72.8 Å². The standard InChI is InChI=1S/C29H29FN2O5/c1-29(2,3)20-4-12-24(13-5-20)37-25-14-10-23(11-15-25)32-17-19(16-27(32)34)28(35)36-18-26(33)31-22-8-6-21(30)7-9-22/h4-15,19H,16-18H2,1-3H3,(H,31,33)/t19-/m0/s1. The molecule has 1 aliphatic rings. The lowest BCUT2D eigenvalue weighted by molar-refractivity contribution is -0.151. The van der Waals surface area contributed by atoms with Crippen molar-refractivity contribution >= 4 is 29.2 Å². The first-order chi connectivity index (χ1) is 17.6. The van der Waals surface area contributed by atoms with Crippen LogP contribution >= 0.6 is 0 Å². The lowest BCUT2D eigenvalue weighted by Gasteiger charge is -2.19. The number of carbonyl (C=O) groups is 3. The normalized spacial score (nSPS) is 15.4. The average Bonchev–Trinajstić information content (AvgIpc) is 3.26. The molecule has 4 rings (SSSR count). The molecular formula is C29H29FN2O5. The average molecular weight is 505 g/mol. The number of hydrogen-bond donors (Lipinski definition) is 1. The highest BCUT2D eigenvalue weighted by atomic mass is 19.1. The van der Waals surface area contributed by atoms with E-state index in [9.17, 15) is 18.8 Å². The van der Waals surface area contributed by atoms with Crippen molar-refractivity contribution in [3.63, 3.8) is 0 Å². The van der Waals surface area contributed by atoms with Gasteiger partial charge in [-0.25, -0.2) is 4.39 Å². The van der Waals surface area contributed by atoms with Crippen molar-refractivity contribution in [3.05, 3.63) is 84.2 Å². The van der Waals surface area contributed by atoms with E-state index in [0.717, 1.165) is 0 Å². The van der Waals surface area contributed by atoms with Crippen LogP contribution < -0.4 is 15.0 Å². The first-order valence-electron chi connectivity index (χ1n) is 12.0. The molecule has 7 nitrogen and oxygen atoms in total. The zero-order valence-electron chi connectivity index (χ0n) is 21.0. The molecule has 0 radical (unpaired) electrons. The Balaban J connectivity index is 1.29. The van der Waals surface area contributed by atoms with E-state index in [2.05, 4.69) is 26.1 Å². The van der Waals surface area contributed by atoms with Crippen LogP contribution in [0, 0.1) is 11.7 Å². The topological polar surface area (TPSA) is 84.9 Å². The molecule has 2 amide bonds. The van der Waals surface area contributed by atoms with Crippen molar-refractivity contribution in [2.45, 2.75) is 32.6 Å². The minimum atomic E-state index is -0.677. The van der Waals surface area contributed by atoms with Gasteiger partial charge in [0.05, 0.1) is 5.92 Å². The minimum Gasteiger partial charge on any atom is -0.457 e. The molecule has 1 atom stereocenters. The largest absolute Gasteiger partial charge is 0.457 e. The summed E-state index contributed by atoms with van der Waals surface area (Å²) in [4.78, 5) is 38.6. The number of carbonyl (C=O) groups excluding carboxylic acids is 3. The fourth-order valence-electron chi connectivity index (χ4n) is 3.95. The Morgan fingerprint density at radius 1 is 0.946 bits per heavy atom. The first-order valence-corrected chi connectivity index (χ1v) is 12.0. The monoisotopic (exact) mass is 504 g/mol. The van der Waals surface area contributed by atoms with E-state index in [4.69, 9.17) is 9.47 Å². The maximum atomic E-state index is 13.0. The third-order valence-electron chi connectivity index (χ3n) is 6.04. The second-order valence-electron chi connectivity index (χ2n) is 9.94. The van der Waals surface area contributed by atoms with Crippen LogP contribution in [0.5, 0.6) is 11.5 Å². The fourth-order valence-corrected chi connectivity index (χ4v) is 3.95. The Kier molecular flexibility index (Phi) is 7.57. The van der Waals surface area contributed by atoms with Crippen molar-refractivity contribution in [2.24, 2.45) is 5.92 Å². The van der Waals surface area contributed by atoms with Crippen LogP contribution in [0.4, 0.5) is 15.8 Å². The van der Waals surface area contributed by atoms with E-state index >= 15 is 0 Å². The zero-order valence-corrected chi connectivity index (χ0v) is 21.0. The number of esters is 1. The summed E-state index contributed by atoms with van der Waals surface area (Å²) >= 11 is 0. The molecule has 192 valence electrons. The fraction of sp³-hybridized carbons (Fsp3) is 0.276. The number of anilines is 2. The first kappa shape index (κ1) is 25.9. The second kappa shape index (κ2) is 10.8. The van der Waals surface area contributed by atoms with Crippen LogP contribution in [0.25, 0.3) is 0 Å². The molecule has 37 heavy (non-hydrogen) atoms. The van der Waals surface area contributed by atoms with Gasteiger partial charge in [0.1, 0.15) is 17.3 Å². The SMILES string of the molecule is CC(C)(C)c1ccc(Oc2ccc(N3C[C@@H](C(=O)OCC(=O)Nc4ccc(F)cc4)CC3=O)cc2)cc1. The van der Waals surface area contributed by atoms with Gasteiger partial charge in [0.25, 0.3) is 5.91 Å². The second-order valence-corrected chi connectivity index (χ2v) is 9.94. The predicted molar refractivity (Wildman–Crippen MR) is 138 cm³/mol. The molecule has 0 spiro atoms. The number of halogens is 1. The van der Waals surface area contributed by atoms with E-state index in [1.54, 1.807) is 24.3 Å². The molecule has 1 saturated heterocycles. The highest BCUT2D eigenvalue weighted by Crippen LogP contribution is 2.30. The van der Waals surface area contributed by atoms with Gasteiger partial charge in [-0.2, -0.15) is 0 Å². The molecule has 3 aromatic carbocycles. The number of benzene rings is 3. The molecule has 0 saturated carbocycles. The third kappa shape index (κ3) is 6.73. The molecule has 1 fully saturated rings. The summed E-state index contributed by atoms with van der Waals surface area (Å²) in [6.45, 7) is 6.12. The highest BCUT2D eigenvalue weighted by molar-refractivity contribution is 6.00. The Labute approximate surface area is 215 Å². The zero-order chi connectivity index (χ0) is 26.6. The van der Waals surface area contributed by atoms with Crippen molar-refractivity contribution < 1.29 is 28.2 Å². The molecule has 0 aromatic heterocycles. The number of ether oxygens (including phenoxy) is 2. The Morgan fingerprint density at radius 2 is 1.54 bits per heavy atom. The molecule has 0 bridgehead atoms. The van der Waals surface area contributed by atoms with Crippen LogP contribution in [-0.2, 0) is 24.5 Å². The maximum Gasteiger partial charge on any atom is 0.311 e. The number of rotatable bonds is 7. The summed E-state index contributed by atoms with van der Waals surface area (Å²) in [5, 5.41) is 2.52. The summed E-state index contributed by atoms with van der Waals surface area (Å²) in [7, 11) is 0. The summed E-state index contributed by atoms with van der Waals surface area (Å²) in [6, 6.07) is 20.2. The number of hydrogen-bond acceptors (Lipinski definition) is 5. The molecule has 0 unspecified atom stereocenters. The van der Waals surface area contributed by atoms with Crippen LogP contribution in [0.3, 0.4) is 0 Å². The minimum absolute atomic E-state index is 0.00318. The van der Waals surface area contributed by atoms with Gasteiger partial charge < -0.3 is 19.7 Å². The van der Waals surface area contributed by atoms with Crippen LogP contribution in [0.2, 0.25) is 0 Å². The van der Waals surface area contributed by atoms with E-state index in [0.29, 0.717) is 22.9 Å². The smallest absolute Gasteiger partial charge is 0.311 e. The van der Waals surface area contributed by atoms with Gasteiger partial charge in [-0.3, -0.25) is 14.4 Å². The Bertz CT molecular complexity index is 1270. The summed E-state index contributed by atoms with van der Waals surface area (Å²) < 4.78 is 24.0. The molecule has 0 aliphatic carbocycles. The van der Waals surface area contributed by atoms with E-state index in [1.165, 1.54) is 34.7 Å². The summed E-state index contributed by atoms with van der Waals surface area (Å²) in [5.41, 5.74) is 2.30. The van der Waals surface area contributed by atoms with E-state index in [-0.39, 0.29) is 24.3 Å². The van der Waals surface area contributed by atoms with Crippen LogP contribution in [-0.4, -0.2) is 30.9 Å². The van der Waals surface area contributed by atoms with Gasteiger partial charge in [0.15, 0.2) is 6.61 Å². The number of nitrogens with one attached hydrogen (secondary N) is 1.